The molecular formula is C17H18N2O4. The first-order chi connectivity index (χ1) is 10.9. The van der Waals surface area contributed by atoms with E-state index in [1.165, 1.54) is 18.2 Å². The fourth-order valence-electron chi connectivity index (χ4n) is 2.25. The van der Waals surface area contributed by atoms with E-state index in [2.05, 4.69) is 5.32 Å². The summed E-state index contributed by atoms with van der Waals surface area (Å²) in [4.78, 5) is 22.2. The Kier molecular flexibility index (Phi) is 4.95. The molecule has 0 bridgehead atoms. The van der Waals surface area contributed by atoms with Crippen molar-refractivity contribution in [3.63, 3.8) is 0 Å². The third-order valence-corrected chi connectivity index (χ3v) is 3.45. The van der Waals surface area contributed by atoms with Crippen LogP contribution in [0.1, 0.15) is 16.7 Å². The number of rotatable bonds is 5. The van der Waals surface area contributed by atoms with Crippen molar-refractivity contribution in [2.24, 2.45) is 0 Å². The molecule has 0 aliphatic carbocycles. The average molecular weight is 314 g/mol. The van der Waals surface area contributed by atoms with Crippen LogP contribution in [0, 0.1) is 30.9 Å². The van der Waals surface area contributed by atoms with E-state index in [0.29, 0.717) is 17.0 Å². The summed E-state index contributed by atoms with van der Waals surface area (Å²) < 4.78 is 5.58. The number of non-ortho nitro benzene ring substituents is 1. The molecule has 120 valence electrons. The maximum atomic E-state index is 12.0. The van der Waals surface area contributed by atoms with Crippen molar-refractivity contribution in [3.05, 3.63) is 63.2 Å². The Morgan fingerprint density at radius 1 is 1.13 bits per heavy atom. The van der Waals surface area contributed by atoms with Crippen LogP contribution in [0.5, 0.6) is 5.75 Å². The van der Waals surface area contributed by atoms with Gasteiger partial charge in [-0.2, -0.15) is 0 Å². The molecule has 1 amide bonds. The first kappa shape index (κ1) is 16.5. The van der Waals surface area contributed by atoms with Gasteiger partial charge in [0.25, 0.3) is 11.6 Å². The van der Waals surface area contributed by atoms with Gasteiger partial charge in [-0.3, -0.25) is 14.9 Å². The molecule has 0 radical (unpaired) electrons. The summed E-state index contributed by atoms with van der Waals surface area (Å²) in [6, 6.07) is 10.1. The number of para-hydroxylation sites is 1. The molecule has 6 nitrogen and oxygen atoms in total. The lowest BCUT2D eigenvalue weighted by molar-refractivity contribution is -0.384. The fraction of sp³-hybridized carbons (Fsp3) is 0.235. The summed E-state index contributed by atoms with van der Waals surface area (Å²) in [6.07, 6.45) is 0. The number of nitro benzene ring substituents is 1. The standard InChI is InChI=1S/C17H18N2O4/c1-11-5-4-6-12(2)17(11)23-10-16(20)18-15-8-7-14(19(21)22)9-13(15)3/h4-9H,10H2,1-3H3,(H,18,20). The van der Waals surface area contributed by atoms with Crippen molar-refractivity contribution >= 4 is 17.3 Å². The molecule has 2 rings (SSSR count). The van der Waals surface area contributed by atoms with Gasteiger partial charge in [0.1, 0.15) is 5.75 Å². The number of nitrogens with one attached hydrogen (secondary N) is 1. The number of nitro groups is 1. The van der Waals surface area contributed by atoms with Crippen molar-refractivity contribution in [1.29, 1.82) is 0 Å². The fourth-order valence-corrected chi connectivity index (χ4v) is 2.25. The van der Waals surface area contributed by atoms with Gasteiger partial charge >= 0.3 is 0 Å². The van der Waals surface area contributed by atoms with E-state index >= 15 is 0 Å². The first-order valence-corrected chi connectivity index (χ1v) is 7.12. The van der Waals surface area contributed by atoms with Gasteiger partial charge in [-0.05, 0) is 43.5 Å². The van der Waals surface area contributed by atoms with Gasteiger partial charge in [0.15, 0.2) is 6.61 Å². The van der Waals surface area contributed by atoms with Crippen LogP contribution < -0.4 is 10.1 Å². The van der Waals surface area contributed by atoms with Gasteiger partial charge in [0, 0.05) is 17.8 Å². The van der Waals surface area contributed by atoms with Gasteiger partial charge in [-0.25, -0.2) is 0 Å². The Morgan fingerprint density at radius 2 is 1.78 bits per heavy atom. The normalized spacial score (nSPS) is 10.2. The van der Waals surface area contributed by atoms with Crippen LogP contribution in [0.4, 0.5) is 11.4 Å². The molecular weight excluding hydrogens is 296 g/mol. The molecule has 2 aromatic rings. The minimum atomic E-state index is -0.470. The van der Waals surface area contributed by atoms with Crippen LogP contribution >= 0.6 is 0 Å². The zero-order chi connectivity index (χ0) is 17.0. The van der Waals surface area contributed by atoms with E-state index in [-0.39, 0.29) is 18.2 Å². The first-order valence-electron chi connectivity index (χ1n) is 7.12. The van der Waals surface area contributed by atoms with Gasteiger partial charge in [-0.15, -0.1) is 0 Å². The molecule has 1 N–H and O–H groups in total. The lowest BCUT2D eigenvalue weighted by Gasteiger charge is -2.12. The van der Waals surface area contributed by atoms with E-state index in [9.17, 15) is 14.9 Å². The average Bonchev–Trinajstić information content (AvgIpc) is 2.48. The summed E-state index contributed by atoms with van der Waals surface area (Å²) in [7, 11) is 0. The molecule has 0 aliphatic heterocycles. The Bertz CT molecular complexity index is 736. The number of hydrogen-bond acceptors (Lipinski definition) is 4. The van der Waals surface area contributed by atoms with Gasteiger partial charge in [0.2, 0.25) is 0 Å². The number of amides is 1. The third kappa shape index (κ3) is 4.06. The Balaban J connectivity index is 2.01. The summed E-state index contributed by atoms with van der Waals surface area (Å²) in [6.45, 7) is 5.42. The van der Waals surface area contributed by atoms with Crippen LogP contribution in [-0.4, -0.2) is 17.4 Å². The Morgan fingerprint density at radius 3 is 2.35 bits per heavy atom. The SMILES string of the molecule is Cc1cc([N+](=O)[O-])ccc1NC(=O)COc1c(C)cccc1C. The van der Waals surface area contributed by atoms with E-state index in [1.807, 2.05) is 32.0 Å². The van der Waals surface area contributed by atoms with Crippen molar-refractivity contribution in [3.8, 4) is 5.75 Å². The van der Waals surface area contributed by atoms with E-state index in [4.69, 9.17) is 4.74 Å². The molecule has 2 aromatic carbocycles. The molecule has 0 heterocycles. The van der Waals surface area contributed by atoms with Crippen LogP contribution in [0.25, 0.3) is 0 Å². The molecule has 0 aromatic heterocycles. The molecule has 0 atom stereocenters. The molecule has 0 unspecified atom stereocenters. The number of ether oxygens (including phenoxy) is 1. The zero-order valence-corrected chi connectivity index (χ0v) is 13.3. The lowest BCUT2D eigenvalue weighted by atomic mass is 10.1. The van der Waals surface area contributed by atoms with Gasteiger partial charge in [-0.1, -0.05) is 18.2 Å². The van der Waals surface area contributed by atoms with Crippen LogP contribution in [-0.2, 0) is 4.79 Å². The molecule has 0 spiro atoms. The molecule has 23 heavy (non-hydrogen) atoms. The highest BCUT2D eigenvalue weighted by Crippen LogP contribution is 2.23. The number of carbonyl (C=O) groups excluding carboxylic acids is 1. The van der Waals surface area contributed by atoms with Crippen LogP contribution in [0.2, 0.25) is 0 Å². The summed E-state index contributed by atoms with van der Waals surface area (Å²) in [5.41, 5.74) is 3.08. The second-order valence-electron chi connectivity index (χ2n) is 5.31. The predicted molar refractivity (Wildman–Crippen MR) is 87.9 cm³/mol. The number of carbonyl (C=O) groups is 1. The van der Waals surface area contributed by atoms with Crippen molar-refractivity contribution in [2.75, 3.05) is 11.9 Å². The smallest absolute Gasteiger partial charge is 0.269 e. The number of hydrogen-bond donors (Lipinski definition) is 1. The predicted octanol–water partition coefficient (Wildman–Crippen LogP) is 3.54. The second kappa shape index (κ2) is 6.91. The lowest BCUT2D eigenvalue weighted by Crippen LogP contribution is -2.21. The largest absolute Gasteiger partial charge is 0.483 e. The van der Waals surface area contributed by atoms with E-state index in [0.717, 1.165) is 11.1 Å². The Labute approximate surface area is 134 Å². The highest BCUT2D eigenvalue weighted by molar-refractivity contribution is 5.92. The maximum Gasteiger partial charge on any atom is 0.269 e. The Hall–Kier alpha value is -2.89. The van der Waals surface area contributed by atoms with Crippen LogP contribution in [0.3, 0.4) is 0 Å². The summed E-state index contributed by atoms with van der Waals surface area (Å²) in [5.74, 6) is 0.382. The highest BCUT2D eigenvalue weighted by atomic mass is 16.6. The topological polar surface area (TPSA) is 81.5 Å². The van der Waals surface area contributed by atoms with Crippen molar-refractivity contribution in [2.45, 2.75) is 20.8 Å². The molecule has 0 fully saturated rings. The second-order valence-corrected chi connectivity index (χ2v) is 5.31. The van der Waals surface area contributed by atoms with Crippen molar-refractivity contribution < 1.29 is 14.5 Å². The number of nitrogens with zero attached hydrogens (tertiary/aromatic N) is 1. The third-order valence-electron chi connectivity index (χ3n) is 3.45. The summed E-state index contributed by atoms with van der Waals surface area (Å²) >= 11 is 0. The van der Waals surface area contributed by atoms with E-state index in [1.54, 1.807) is 6.92 Å². The number of anilines is 1. The molecule has 0 saturated carbocycles. The highest BCUT2D eigenvalue weighted by Gasteiger charge is 2.11. The minimum absolute atomic E-state index is 0.00714. The minimum Gasteiger partial charge on any atom is -0.483 e. The monoisotopic (exact) mass is 314 g/mol. The number of benzene rings is 2. The quantitative estimate of drug-likeness (QED) is 0.676. The van der Waals surface area contributed by atoms with Gasteiger partial charge < -0.3 is 10.1 Å². The molecule has 0 saturated heterocycles. The number of aryl methyl sites for hydroxylation is 3. The molecule has 0 aliphatic rings. The van der Waals surface area contributed by atoms with Crippen LogP contribution in [0.15, 0.2) is 36.4 Å². The van der Waals surface area contributed by atoms with E-state index < -0.39 is 4.92 Å². The maximum absolute atomic E-state index is 12.0. The summed E-state index contributed by atoms with van der Waals surface area (Å²) in [5, 5.41) is 13.4. The van der Waals surface area contributed by atoms with Crippen molar-refractivity contribution in [1.82, 2.24) is 0 Å². The van der Waals surface area contributed by atoms with Gasteiger partial charge in [0.05, 0.1) is 4.92 Å². The molecule has 6 heteroatoms. The zero-order valence-electron chi connectivity index (χ0n) is 13.3.